The molecule has 70 valence electrons. The van der Waals surface area contributed by atoms with Crippen molar-refractivity contribution in [2.24, 2.45) is 0 Å². The van der Waals surface area contributed by atoms with E-state index >= 15 is 0 Å². The second-order valence-electron chi connectivity index (χ2n) is 3.12. The Bertz CT molecular complexity index is 323. The third-order valence-corrected chi connectivity index (χ3v) is 3.13. The summed E-state index contributed by atoms with van der Waals surface area (Å²) in [6.45, 7) is 1.50. The molecule has 0 aliphatic carbocycles. The third-order valence-electron chi connectivity index (χ3n) is 2.38. The zero-order valence-electron chi connectivity index (χ0n) is 7.22. The molecule has 0 saturated carbocycles. The van der Waals surface area contributed by atoms with E-state index in [9.17, 15) is 0 Å². The molecule has 3 heteroatoms. The summed E-state index contributed by atoms with van der Waals surface area (Å²) in [7, 11) is 0. The lowest BCUT2D eigenvalue weighted by atomic mass is 9.98. The SMILES string of the molecule is OCc1ccc(Br)c2c1COCC2. The minimum atomic E-state index is 0.0962. The molecule has 1 N–H and O–H groups in total. The van der Waals surface area contributed by atoms with Crippen LogP contribution in [0.5, 0.6) is 0 Å². The summed E-state index contributed by atoms with van der Waals surface area (Å²) < 4.78 is 6.49. The Morgan fingerprint density at radius 2 is 2.23 bits per heavy atom. The maximum atomic E-state index is 9.11. The van der Waals surface area contributed by atoms with Gasteiger partial charge in [-0.25, -0.2) is 0 Å². The predicted octanol–water partition coefficient (Wildman–Crippen LogP) is 2.01. The molecule has 1 aromatic carbocycles. The zero-order valence-corrected chi connectivity index (χ0v) is 8.80. The molecule has 0 saturated heterocycles. The summed E-state index contributed by atoms with van der Waals surface area (Å²) in [4.78, 5) is 0. The minimum Gasteiger partial charge on any atom is -0.392 e. The van der Waals surface area contributed by atoms with Crippen LogP contribution in [0.4, 0.5) is 0 Å². The predicted molar refractivity (Wildman–Crippen MR) is 53.4 cm³/mol. The second-order valence-corrected chi connectivity index (χ2v) is 3.98. The number of hydrogen-bond donors (Lipinski definition) is 1. The number of fused-ring (bicyclic) bond motifs is 1. The molecule has 0 radical (unpaired) electrons. The van der Waals surface area contributed by atoms with Gasteiger partial charge in [0.2, 0.25) is 0 Å². The van der Waals surface area contributed by atoms with Crippen LogP contribution in [0.3, 0.4) is 0 Å². The van der Waals surface area contributed by atoms with Crippen LogP contribution in [0.15, 0.2) is 16.6 Å². The lowest BCUT2D eigenvalue weighted by molar-refractivity contribution is 0.108. The highest BCUT2D eigenvalue weighted by atomic mass is 79.9. The highest BCUT2D eigenvalue weighted by Gasteiger charge is 2.15. The Morgan fingerprint density at radius 3 is 3.00 bits per heavy atom. The van der Waals surface area contributed by atoms with Crippen LogP contribution in [0, 0.1) is 0 Å². The van der Waals surface area contributed by atoms with E-state index in [1.54, 1.807) is 0 Å². The van der Waals surface area contributed by atoms with Gasteiger partial charge < -0.3 is 9.84 Å². The second kappa shape index (κ2) is 3.78. The number of ether oxygens (including phenoxy) is 1. The normalized spacial score (nSPS) is 15.5. The van der Waals surface area contributed by atoms with E-state index in [0.29, 0.717) is 6.61 Å². The van der Waals surface area contributed by atoms with E-state index in [4.69, 9.17) is 9.84 Å². The highest BCUT2D eigenvalue weighted by molar-refractivity contribution is 9.10. The summed E-state index contributed by atoms with van der Waals surface area (Å²) in [5.74, 6) is 0. The van der Waals surface area contributed by atoms with Gasteiger partial charge in [-0.3, -0.25) is 0 Å². The van der Waals surface area contributed by atoms with Gasteiger partial charge in [-0.15, -0.1) is 0 Å². The summed E-state index contributed by atoms with van der Waals surface area (Å²) >= 11 is 3.51. The summed E-state index contributed by atoms with van der Waals surface area (Å²) in [5, 5.41) is 9.11. The average Bonchev–Trinajstić information content (AvgIpc) is 2.19. The molecule has 0 aromatic heterocycles. The molecule has 2 nitrogen and oxygen atoms in total. The van der Waals surface area contributed by atoms with E-state index in [-0.39, 0.29) is 6.61 Å². The van der Waals surface area contributed by atoms with Crippen molar-refractivity contribution in [3.8, 4) is 0 Å². The average molecular weight is 243 g/mol. The first kappa shape index (κ1) is 9.19. The highest BCUT2D eigenvalue weighted by Crippen LogP contribution is 2.28. The molecule has 0 spiro atoms. The number of hydrogen-bond acceptors (Lipinski definition) is 2. The summed E-state index contributed by atoms with van der Waals surface area (Å²) in [6, 6.07) is 3.94. The van der Waals surface area contributed by atoms with Gasteiger partial charge in [-0.2, -0.15) is 0 Å². The van der Waals surface area contributed by atoms with Crippen molar-refractivity contribution in [2.75, 3.05) is 6.61 Å². The molecule has 0 atom stereocenters. The van der Waals surface area contributed by atoms with E-state index in [2.05, 4.69) is 15.9 Å². The van der Waals surface area contributed by atoms with Crippen LogP contribution in [-0.4, -0.2) is 11.7 Å². The fraction of sp³-hybridized carbons (Fsp3) is 0.400. The van der Waals surface area contributed by atoms with Crippen LogP contribution in [0.25, 0.3) is 0 Å². The fourth-order valence-electron chi connectivity index (χ4n) is 1.66. The smallest absolute Gasteiger partial charge is 0.0723 e. The Balaban J connectivity index is 2.52. The Kier molecular flexibility index (Phi) is 2.67. The van der Waals surface area contributed by atoms with Crippen molar-refractivity contribution in [1.82, 2.24) is 0 Å². The zero-order chi connectivity index (χ0) is 9.26. The summed E-state index contributed by atoms with van der Waals surface area (Å²) in [6.07, 6.45) is 0.934. The molecule has 1 aliphatic rings. The standard InChI is InChI=1S/C10H11BrO2/c11-10-2-1-7(5-12)9-6-13-4-3-8(9)10/h1-2,12H,3-6H2. The largest absolute Gasteiger partial charge is 0.392 e. The van der Waals surface area contributed by atoms with Gasteiger partial charge in [0.15, 0.2) is 0 Å². The number of aliphatic hydroxyl groups is 1. The van der Waals surface area contributed by atoms with Crippen LogP contribution in [0.1, 0.15) is 16.7 Å². The van der Waals surface area contributed by atoms with E-state index in [0.717, 1.165) is 28.6 Å². The first-order valence-corrected chi connectivity index (χ1v) is 5.10. The molecule has 0 fully saturated rings. The summed E-state index contributed by atoms with van der Waals surface area (Å²) in [5.41, 5.74) is 3.43. The number of aliphatic hydroxyl groups excluding tert-OH is 1. The molecule has 0 bridgehead atoms. The Labute approximate surface area is 85.7 Å². The van der Waals surface area contributed by atoms with Crippen molar-refractivity contribution in [2.45, 2.75) is 19.6 Å². The van der Waals surface area contributed by atoms with Gasteiger partial charge in [-0.05, 0) is 29.2 Å². The van der Waals surface area contributed by atoms with Crippen LogP contribution >= 0.6 is 15.9 Å². The molecular formula is C10H11BrO2. The number of halogens is 1. The van der Waals surface area contributed by atoms with Crippen LogP contribution < -0.4 is 0 Å². The molecule has 1 aromatic rings. The molecule has 1 aliphatic heterocycles. The molecule has 2 rings (SSSR count). The molecule has 13 heavy (non-hydrogen) atoms. The van der Waals surface area contributed by atoms with Crippen LogP contribution in [-0.2, 0) is 24.4 Å². The van der Waals surface area contributed by atoms with E-state index in [1.807, 2.05) is 12.1 Å². The molecular weight excluding hydrogens is 232 g/mol. The Hall–Kier alpha value is -0.380. The molecule has 0 amide bonds. The number of benzene rings is 1. The third kappa shape index (κ3) is 1.64. The van der Waals surface area contributed by atoms with E-state index in [1.165, 1.54) is 5.56 Å². The lowest BCUT2D eigenvalue weighted by Gasteiger charge is -2.20. The van der Waals surface area contributed by atoms with Gasteiger partial charge in [-0.1, -0.05) is 22.0 Å². The van der Waals surface area contributed by atoms with Gasteiger partial charge in [0.1, 0.15) is 0 Å². The van der Waals surface area contributed by atoms with E-state index < -0.39 is 0 Å². The lowest BCUT2D eigenvalue weighted by Crippen LogP contribution is -2.13. The van der Waals surface area contributed by atoms with Crippen molar-refractivity contribution in [3.63, 3.8) is 0 Å². The maximum Gasteiger partial charge on any atom is 0.0723 e. The number of rotatable bonds is 1. The first-order valence-electron chi connectivity index (χ1n) is 4.30. The van der Waals surface area contributed by atoms with Crippen molar-refractivity contribution < 1.29 is 9.84 Å². The monoisotopic (exact) mass is 242 g/mol. The van der Waals surface area contributed by atoms with Gasteiger partial charge in [0.25, 0.3) is 0 Å². The maximum absolute atomic E-state index is 9.11. The first-order chi connectivity index (χ1) is 6.33. The van der Waals surface area contributed by atoms with Gasteiger partial charge >= 0.3 is 0 Å². The minimum absolute atomic E-state index is 0.0962. The molecule has 0 unspecified atom stereocenters. The topological polar surface area (TPSA) is 29.5 Å². The van der Waals surface area contributed by atoms with Gasteiger partial charge in [0.05, 0.1) is 19.8 Å². The van der Waals surface area contributed by atoms with Crippen molar-refractivity contribution in [1.29, 1.82) is 0 Å². The van der Waals surface area contributed by atoms with Crippen molar-refractivity contribution >= 4 is 15.9 Å². The quantitative estimate of drug-likeness (QED) is 0.817. The van der Waals surface area contributed by atoms with Gasteiger partial charge in [0, 0.05) is 4.47 Å². The Morgan fingerprint density at radius 1 is 1.38 bits per heavy atom. The fourth-order valence-corrected chi connectivity index (χ4v) is 2.23. The van der Waals surface area contributed by atoms with Crippen LogP contribution in [0.2, 0.25) is 0 Å². The van der Waals surface area contributed by atoms with Crippen molar-refractivity contribution in [3.05, 3.63) is 33.3 Å². The molecule has 1 heterocycles.